The van der Waals surface area contributed by atoms with Crippen LogP contribution in [0.2, 0.25) is 0 Å². The Labute approximate surface area is 50.0 Å². The van der Waals surface area contributed by atoms with Gasteiger partial charge in [-0.3, -0.25) is 4.85 Å². The Kier molecular flexibility index (Phi) is 2.00. The summed E-state index contributed by atoms with van der Waals surface area (Å²) in [5, 5.41) is 9.05. The lowest BCUT2D eigenvalue weighted by Gasteiger charge is -2.12. The van der Waals surface area contributed by atoms with Crippen LogP contribution in [-0.4, -0.2) is 10.8 Å². The Balaban J connectivity index is 3.97. The second kappa shape index (κ2) is 2.15. The van der Waals surface area contributed by atoms with Gasteiger partial charge in [-0.15, -0.1) is 0 Å². The van der Waals surface area contributed by atoms with E-state index in [1.165, 1.54) is 6.92 Å². The highest BCUT2D eigenvalue weighted by atomic mass is 16.3. The number of hydrogen-bond donors (Lipinski definition) is 1. The molecule has 1 atom stereocenters. The molecule has 2 heteroatoms. The van der Waals surface area contributed by atoms with Crippen LogP contribution in [0.15, 0.2) is 0 Å². The van der Waals surface area contributed by atoms with Gasteiger partial charge in [0.15, 0.2) is 0 Å². The molecule has 0 aromatic carbocycles. The van der Waals surface area contributed by atoms with Gasteiger partial charge in [0.25, 0.3) is 0 Å². The van der Waals surface area contributed by atoms with Crippen molar-refractivity contribution in [3.05, 3.63) is 11.4 Å². The Hall–Kier alpha value is -0.550. The van der Waals surface area contributed by atoms with Gasteiger partial charge >= 0.3 is 5.72 Å². The van der Waals surface area contributed by atoms with Gasteiger partial charge in [0, 0.05) is 6.92 Å². The molecule has 0 fully saturated rings. The third-order valence-electron chi connectivity index (χ3n) is 1.32. The van der Waals surface area contributed by atoms with Gasteiger partial charge in [-0.1, -0.05) is 13.8 Å². The molecule has 0 aliphatic rings. The number of nitrogens with zero attached hydrogens (tertiary/aromatic N) is 1. The average molecular weight is 113 g/mol. The molecule has 0 saturated heterocycles. The summed E-state index contributed by atoms with van der Waals surface area (Å²) >= 11 is 0. The van der Waals surface area contributed by atoms with Gasteiger partial charge in [0.2, 0.25) is 0 Å². The van der Waals surface area contributed by atoms with Crippen molar-refractivity contribution in [1.82, 2.24) is 0 Å². The fourth-order valence-electron chi connectivity index (χ4n) is 0.129. The van der Waals surface area contributed by atoms with Crippen LogP contribution >= 0.6 is 0 Å². The van der Waals surface area contributed by atoms with Crippen LogP contribution in [0.25, 0.3) is 4.85 Å². The molecule has 0 amide bonds. The van der Waals surface area contributed by atoms with Gasteiger partial charge in [-0.2, -0.15) is 0 Å². The van der Waals surface area contributed by atoms with E-state index in [4.69, 9.17) is 11.7 Å². The van der Waals surface area contributed by atoms with Crippen LogP contribution < -0.4 is 0 Å². The zero-order valence-corrected chi connectivity index (χ0v) is 5.47. The van der Waals surface area contributed by atoms with Gasteiger partial charge in [-0.25, -0.2) is 6.57 Å². The SMILES string of the molecule is [C-]#[N+][C@](C)(O)C(C)C. The minimum absolute atomic E-state index is 0.0139. The fourth-order valence-corrected chi connectivity index (χ4v) is 0.129. The molecular weight excluding hydrogens is 102 g/mol. The number of hydrogen-bond acceptors (Lipinski definition) is 1. The molecule has 0 radical (unpaired) electrons. The van der Waals surface area contributed by atoms with Gasteiger partial charge < -0.3 is 5.11 Å². The van der Waals surface area contributed by atoms with Crippen LogP contribution in [0.5, 0.6) is 0 Å². The first-order valence-electron chi connectivity index (χ1n) is 2.61. The van der Waals surface area contributed by atoms with E-state index >= 15 is 0 Å². The molecule has 0 saturated carbocycles. The minimum atomic E-state index is -1.17. The lowest BCUT2D eigenvalue weighted by atomic mass is 10.0. The van der Waals surface area contributed by atoms with Crippen molar-refractivity contribution in [2.75, 3.05) is 0 Å². The van der Waals surface area contributed by atoms with Crippen molar-refractivity contribution in [1.29, 1.82) is 0 Å². The lowest BCUT2D eigenvalue weighted by molar-refractivity contribution is 0.0599. The van der Waals surface area contributed by atoms with Crippen LogP contribution in [-0.2, 0) is 0 Å². The molecule has 0 rings (SSSR count). The summed E-state index contributed by atoms with van der Waals surface area (Å²) < 4.78 is 0. The lowest BCUT2D eigenvalue weighted by Crippen LogP contribution is -2.25. The van der Waals surface area contributed by atoms with Crippen molar-refractivity contribution in [2.45, 2.75) is 26.5 Å². The van der Waals surface area contributed by atoms with Crippen LogP contribution in [0, 0.1) is 12.5 Å². The predicted molar refractivity (Wildman–Crippen MR) is 32.1 cm³/mol. The summed E-state index contributed by atoms with van der Waals surface area (Å²) in [5.74, 6) is 0.0139. The molecule has 0 heterocycles. The molecule has 2 nitrogen and oxygen atoms in total. The quantitative estimate of drug-likeness (QED) is 0.509. The van der Waals surface area contributed by atoms with Crippen molar-refractivity contribution < 1.29 is 5.11 Å². The highest BCUT2D eigenvalue weighted by Crippen LogP contribution is 2.16. The van der Waals surface area contributed by atoms with Crippen LogP contribution in [0.3, 0.4) is 0 Å². The zero-order chi connectivity index (χ0) is 6.78. The molecular formula is C6H11NO. The first-order chi connectivity index (χ1) is 3.50. The van der Waals surface area contributed by atoms with E-state index in [0.717, 1.165) is 0 Å². The molecule has 0 unspecified atom stereocenters. The molecule has 8 heavy (non-hydrogen) atoms. The van der Waals surface area contributed by atoms with E-state index in [0.29, 0.717) is 0 Å². The second-order valence-corrected chi connectivity index (χ2v) is 2.36. The Morgan fingerprint density at radius 3 is 2.00 bits per heavy atom. The maximum atomic E-state index is 9.05. The highest BCUT2D eigenvalue weighted by molar-refractivity contribution is 4.84. The number of rotatable bonds is 1. The Bertz CT molecular complexity index is 110. The van der Waals surface area contributed by atoms with Crippen molar-refractivity contribution >= 4 is 0 Å². The summed E-state index contributed by atoms with van der Waals surface area (Å²) in [5.41, 5.74) is -1.17. The average Bonchev–Trinajstić information content (AvgIpc) is 1.67. The third-order valence-corrected chi connectivity index (χ3v) is 1.32. The highest BCUT2D eigenvalue weighted by Gasteiger charge is 2.30. The second-order valence-electron chi connectivity index (χ2n) is 2.36. The topological polar surface area (TPSA) is 24.6 Å². The Morgan fingerprint density at radius 1 is 1.62 bits per heavy atom. The van der Waals surface area contributed by atoms with E-state index in [1.54, 1.807) is 0 Å². The van der Waals surface area contributed by atoms with Crippen LogP contribution in [0.4, 0.5) is 0 Å². The normalized spacial score (nSPS) is 17.5. The monoisotopic (exact) mass is 113 g/mol. The standard InChI is InChI=1S/C6H11NO/c1-5(2)6(3,8)7-4/h5,8H,1-3H3/t6-/m1/s1. The van der Waals surface area contributed by atoms with E-state index in [9.17, 15) is 0 Å². The first kappa shape index (κ1) is 7.45. The van der Waals surface area contributed by atoms with Crippen molar-refractivity contribution in [3.63, 3.8) is 0 Å². The zero-order valence-electron chi connectivity index (χ0n) is 5.47. The number of aliphatic hydroxyl groups is 1. The van der Waals surface area contributed by atoms with E-state index in [2.05, 4.69) is 4.85 Å². The van der Waals surface area contributed by atoms with Crippen molar-refractivity contribution in [2.24, 2.45) is 5.92 Å². The summed E-state index contributed by atoms with van der Waals surface area (Å²) in [4.78, 5) is 3.03. The molecule has 0 aromatic rings. The van der Waals surface area contributed by atoms with Crippen molar-refractivity contribution in [3.8, 4) is 0 Å². The largest absolute Gasteiger partial charge is 0.334 e. The van der Waals surface area contributed by atoms with Gasteiger partial charge in [-0.05, 0) is 0 Å². The summed E-state index contributed by atoms with van der Waals surface area (Å²) in [6.45, 7) is 11.7. The smallest absolute Gasteiger partial charge is 0.324 e. The fraction of sp³-hybridized carbons (Fsp3) is 0.833. The summed E-state index contributed by atoms with van der Waals surface area (Å²) in [7, 11) is 0. The molecule has 46 valence electrons. The molecule has 0 aliphatic carbocycles. The maximum Gasteiger partial charge on any atom is 0.334 e. The molecule has 0 spiro atoms. The molecule has 1 N–H and O–H groups in total. The first-order valence-corrected chi connectivity index (χ1v) is 2.61. The third kappa shape index (κ3) is 1.51. The summed E-state index contributed by atoms with van der Waals surface area (Å²) in [6, 6.07) is 0. The van der Waals surface area contributed by atoms with E-state index in [1.807, 2.05) is 13.8 Å². The molecule has 0 aliphatic heterocycles. The molecule has 0 aromatic heterocycles. The van der Waals surface area contributed by atoms with Gasteiger partial charge in [0.05, 0.1) is 5.92 Å². The van der Waals surface area contributed by atoms with E-state index < -0.39 is 5.72 Å². The Morgan fingerprint density at radius 2 is 2.00 bits per heavy atom. The predicted octanol–water partition coefficient (Wildman–Crippen LogP) is 1.27. The van der Waals surface area contributed by atoms with Gasteiger partial charge in [0.1, 0.15) is 0 Å². The van der Waals surface area contributed by atoms with E-state index in [-0.39, 0.29) is 5.92 Å². The maximum absolute atomic E-state index is 9.05. The molecule has 0 bridgehead atoms. The summed E-state index contributed by atoms with van der Waals surface area (Å²) in [6.07, 6.45) is 0. The minimum Gasteiger partial charge on any atom is -0.324 e. The van der Waals surface area contributed by atoms with Crippen LogP contribution in [0.1, 0.15) is 20.8 Å².